The van der Waals surface area contributed by atoms with Crippen LogP contribution in [0, 0.1) is 5.41 Å². The maximum atomic E-state index is 13.5. The van der Waals surface area contributed by atoms with E-state index < -0.39 is 0 Å². The minimum Gasteiger partial charge on any atom is -0.493 e. The van der Waals surface area contributed by atoms with Crippen molar-refractivity contribution in [3.05, 3.63) is 54.0 Å². The van der Waals surface area contributed by atoms with Crippen LogP contribution >= 0.6 is 0 Å². The zero-order valence-corrected chi connectivity index (χ0v) is 17.6. The number of rotatable bonds is 4. The van der Waals surface area contributed by atoms with E-state index in [-0.39, 0.29) is 17.4 Å². The Morgan fingerprint density at radius 3 is 2.20 bits per heavy atom. The Hall–Kier alpha value is -3.55. The molecule has 8 heteroatoms. The third kappa shape index (κ3) is 3.24. The summed E-state index contributed by atoms with van der Waals surface area (Å²) >= 11 is 0. The maximum Gasteiger partial charge on any atom is 0.260 e. The van der Waals surface area contributed by atoms with Gasteiger partial charge in [0.2, 0.25) is 0 Å². The summed E-state index contributed by atoms with van der Waals surface area (Å²) in [5, 5.41) is 0. The minimum absolute atomic E-state index is 0.149. The quantitative estimate of drug-likeness (QED) is 0.654. The predicted molar refractivity (Wildman–Crippen MR) is 112 cm³/mol. The van der Waals surface area contributed by atoms with Crippen LogP contribution in [0.15, 0.2) is 42.9 Å². The molecule has 1 atom stereocenters. The third-order valence-electron chi connectivity index (χ3n) is 5.03. The number of anilines is 1. The standard InChI is InChI=1S/C22H23N5O3/c1-22(2,3)18-13-11-15(29-4)16(30-5)12-14(13)21(28)27(18)17-7-10-25-20(26-17)19-23-8-6-9-24-19/h6-12,18H,1-5H3/t18-/m1/s1. The van der Waals surface area contributed by atoms with Gasteiger partial charge in [-0.2, -0.15) is 0 Å². The van der Waals surface area contributed by atoms with Crippen LogP contribution in [0.3, 0.4) is 0 Å². The summed E-state index contributed by atoms with van der Waals surface area (Å²) in [7, 11) is 3.14. The molecule has 0 N–H and O–H groups in total. The fraction of sp³-hybridized carbons (Fsp3) is 0.318. The normalized spacial score (nSPS) is 15.8. The van der Waals surface area contributed by atoms with Gasteiger partial charge in [0, 0.05) is 24.2 Å². The minimum atomic E-state index is -0.269. The molecule has 0 radical (unpaired) electrons. The highest BCUT2D eigenvalue weighted by molar-refractivity contribution is 6.11. The van der Waals surface area contributed by atoms with Gasteiger partial charge in [-0.05, 0) is 35.2 Å². The predicted octanol–water partition coefficient (Wildman–Crippen LogP) is 3.70. The van der Waals surface area contributed by atoms with Gasteiger partial charge in [-0.3, -0.25) is 9.69 Å². The van der Waals surface area contributed by atoms with Gasteiger partial charge in [0.1, 0.15) is 5.82 Å². The van der Waals surface area contributed by atoms with Gasteiger partial charge in [0.25, 0.3) is 5.91 Å². The van der Waals surface area contributed by atoms with Crippen molar-refractivity contribution in [2.75, 3.05) is 19.1 Å². The van der Waals surface area contributed by atoms with Gasteiger partial charge in [0.15, 0.2) is 23.1 Å². The van der Waals surface area contributed by atoms with E-state index in [1.54, 1.807) is 55.9 Å². The van der Waals surface area contributed by atoms with Crippen LogP contribution in [0.4, 0.5) is 5.82 Å². The summed E-state index contributed by atoms with van der Waals surface area (Å²) in [6.45, 7) is 6.27. The lowest BCUT2D eigenvalue weighted by atomic mass is 9.82. The Morgan fingerprint density at radius 1 is 0.933 bits per heavy atom. The van der Waals surface area contributed by atoms with Crippen molar-refractivity contribution in [1.82, 2.24) is 19.9 Å². The molecule has 0 saturated carbocycles. The van der Waals surface area contributed by atoms with Crippen LogP contribution in [0.25, 0.3) is 11.6 Å². The largest absolute Gasteiger partial charge is 0.493 e. The number of benzene rings is 1. The molecule has 0 fully saturated rings. The van der Waals surface area contributed by atoms with Crippen molar-refractivity contribution in [1.29, 1.82) is 0 Å². The number of nitrogens with zero attached hydrogens (tertiary/aromatic N) is 5. The summed E-state index contributed by atoms with van der Waals surface area (Å²) in [5.41, 5.74) is 1.18. The fourth-order valence-electron chi connectivity index (χ4n) is 3.79. The van der Waals surface area contributed by atoms with Gasteiger partial charge < -0.3 is 9.47 Å². The molecule has 1 aromatic carbocycles. The number of fused-ring (bicyclic) bond motifs is 1. The maximum absolute atomic E-state index is 13.5. The monoisotopic (exact) mass is 405 g/mol. The SMILES string of the molecule is COc1cc2c(cc1OC)[C@H](C(C)(C)C)N(c1ccnc(-c3ncccn3)n1)C2=O. The topological polar surface area (TPSA) is 90.3 Å². The summed E-state index contributed by atoms with van der Waals surface area (Å²) in [6, 6.07) is 6.81. The first kappa shape index (κ1) is 19.8. The zero-order valence-electron chi connectivity index (χ0n) is 17.6. The van der Waals surface area contributed by atoms with Crippen LogP contribution in [0.1, 0.15) is 42.7 Å². The van der Waals surface area contributed by atoms with Crippen LogP contribution < -0.4 is 14.4 Å². The highest BCUT2D eigenvalue weighted by atomic mass is 16.5. The smallest absolute Gasteiger partial charge is 0.260 e. The Bertz CT molecular complexity index is 1100. The van der Waals surface area contributed by atoms with E-state index in [0.717, 1.165) is 5.56 Å². The van der Waals surface area contributed by atoms with Gasteiger partial charge in [-0.15, -0.1) is 0 Å². The average molecular weight is 405 g/mol. The number of aromatic nitrogens is 4. The first-order chi connectivity index (χ1) is 14.3. The molecule has 0 unspecified atom stereocenters. The third-order valence-corrected chi connectivity index (χ3v) is 5.03. The Balaban J connectivity index is 1.86. The summed E-state index contributed by atoms with van der Waals surface area (Å²) in [5.74, 6) is 2.20. The number of carbonyl (C=O) groups is 1. The number of hydrogen-bond acceptors (Lipinski definition) is 7. The van der Waals surface area contributed by atoms with E-state index in [1.807, 2.05) is 6.07 Å². The lowest BCUT2D eigenvalue weighted by Crippen LogP contribution is -2.36. The lowest BCUT2D eigenvalue weighted by Gasteiger charge is -2.35. The van der Waals surface area contributed by atoms with Crippen molar-refractivity contribution in [2.24, 2.45) is 5.41 Å². The Labute approximate surface area is 174 Å². The molecule has 0 bridgehead atoms. The summed E-state index contributed by atoms with van der Waals surface area (Å²) in [6.07, 6.45) is 4.88. The van der Waals surface area contributed by atoms with Crippen LogP contribution in [-0.2, 0) is 0 Å². The van der Waals surface area contributed by atoms with Crippen LogP contribution in [-0.4, -0.2) is 40.1 Å². The summed E-state index contributed by atoms with van der Waals surface area (Å²) < 4.78 is 10.9. The summed E-state index contributed by atoms with van der Waals surface area (Å²) in [4.78, 5) is 32.5. The number of amides is 1. The lowest BCUT2D eigenvalue weighted by molar-refractivity contribution is 0.0976. The highest BCUT2D eigenvalue weighted by Gasteiger charge is 2.45. The molecule has 1 aliphatic rings. The molecular formula is C22H23N5O3. The number of hydrogen-bond donors (Lipinski definition) is 0. The average Bonchev–Trinajstić information content (AvgIpc) is 3.05. The second kappa shape index (κ2) is 7.37. The zero-order chi connectivity index (χ0) is 21.5. The van der Waals surface area contributed by atoms with Gasteiger partial charge in [-0.1, -0.05) is 20.8 Å². The molecule has 2 aromatic heterocycles. The van der Waals surface area contributed by atoms with E-state index in [4.69, 9.17) is 9.47 Å². The first-order valence-corrected chi connectivity index (χ1v) is 9.55. The van der Waals surface area contributed by atoms with Gasteiger partial charge in [-0.25, -0.2) is 19.9 Å². The number of ether oxygens (including phenoxy) is 2. The van der Waals surface area contributed by atoms with E-state index in [0.29, 0.717) is 34.5 Å². The molecule has 0 saturated heterocycles. The molecule has 1 amide bonds. The molecule has 4 rings (SSSR count). The molecule has 30 heavy (non-hydrogen) atoms. The van der Waals surface area contributed by atoms with E-state index in [2.05, 4.69) is 40.7 Å². The van der Waals surface area contributed by atoms with Crippen molar-refractivity contribution in [2.45, 2.75) is 26.8 Å². The molecule has 3 aromatic rings. The van der Waals surface area contributed by atoms with Gasteiger partial charge in [0.05, 0.1) is 20.3 Å². The van der Waals surface area contributed by atoms with Crippen LogP contribution in [0.2, 0.25) is 0 Å². The molecule has 3 heterocycles. The second-order valence-electron chi connectivity index (χ2n) is 8.05. The van der Waals surface area contributed by atoms with Crippen molar-refractivity contribution >= 4 is 11.7 Å². The Kier molecular flexibility index (Phi) is 4.85. The molecular weight excluding hydrogens is 382 g/mol. The molecule has 0 spiro atoms. The molecule has 1 aliphatic heterocycles. The van der Waals surface area contributed by atoms with Crippen LogP contribution in [0.5, 0.6) is 11.5 Å². The molecule has 8 nitrogen and oxygen atoms in total. The number of methoxy groups -OCH3 is 2. The van der Waals surface area contributed by atoms with Crippen molar-refractivity contribution < 1.29 is 14.3 Å². The molecule has 0 aliphatic carbocycles. The molecule has 154 valence electrons. The van der Waals surface area contributed by atoms with Crippen molar-refractivity contribution in [3.8, 4) is 23.1 Å². The number of carbonyl (C=O) groups excluding carboxylic acids is 1. The fourth-order valence-corrected chi connectivity index (χ4v) is 3.79. The second-order valence-corrected chi connectivity index (χ2v) is 8.05. The van der Waals surface area contributed by atoms with Crippen molar-refractivity contribution in [3.63, 3.8) is 0 Å². The van der Waals surface area contributed by atoms with Gasteiger partial charge >= 0.3 is 0 Å². The van der Waals surface area contributed by atoms with E-state index in [1.165, 1.54) is 0 Å². The highest BCUT2D eigenvalue weighted by Crippen LogP contribution is 2.49. The Morgan fingerprint density at radius 2 is 1.57 bits per heavy atom. The van der Waals surface area contributed by atoms with E-state index >= 15 is 0 Å². The first-order valence-electron chi connectivity index (χ1n) is 9.55. The van der Waals surface area contributed by atoms with E-state index in [9.17, 15) is 4.79 Å².